The third kappa shape index (κ3) is 6.53. The Balaban J connectivity index is 2.33. The molecule has 2 N–H and O–H groups in total. The molecule has 0 saturated heterocycles. The van der Waals surface area contributed by atoms with Crippen LogP contribution in [0.15, 0.2) is 12.4 Å². The van der Waals surface area contributed by atoms with Crippen molar-refractivity contribution in [3.8, 4) is 0 Å². The van der Waals surface area contributed by atoms with E-state index >= 15 is 0 Å². The molecule has 0 aliphatic rings. The van der Waals surface area contributed by atoms with Crippen molar-refractivity contribution in [2.75, 3.05) is 29.5 Å². The van der Waals surface area contributed by atoms with Crippen LogP contribution in [0.5, 0.6) is 0 Å². The Labute approximate surface area is 108 Å². The summed E-state index contributed by atoms with van der Waals surface area (Å²) in [6.45, 7) is 3.00. The second-order valence-corrected chi connectivity index (χ2v) is 4.60. The Morgan fingerprint density at radius 1 is 1.17 bits per heavy atom. The van der Waals surface area contributed by atoms with E-state index in [-0.39, 0.29) is 24.1 Å². The topological polar surface area (TPSA) is 49.8 Å². The van der Waals surface area contributed by atoms with Gasteiger partial charge in [0.25, 0.3) is 0 Å². The lowest BCUT2D eigenvalue weighted by molar-refractivity contribution is -0.0327. The molecule has 0 saturated carbocycles. The van der Waals surface area contributed by atoms with Gasteiger partial charge in [-0.1, -0.05) is 6.92 Å². The molecule has 0 atom stereocenters. The molecule has 0 unspecified atom stereocenters. The summed E-state index contributed by atoms with van der Waals surface area (Å²) < 4.78 is 35.6. The van der Waals surface area contributed by atoms with Crippen molar-refractivity contribution in [2.24, 2.45) is 0 Å². The van der Waals surface area contributed by atoms with Gasteiger partial charge in [0.2, 0.25) is 0 Å². The maximum absolute atomic E-state index is 11.9. The summed E-state index contributed by atoms with van der Waals surface area (Å²) in [4.78, 5) is 8.12. The molecule has 0 spiro atoms. The number of nitrogens with one attached hydrogen (secondary N) is 2. The van der Waals surface area contributed by atoms with Crippen molar-refractivity contribution in [3.63, 3.8) is 0 Å². The number of hydrogen-bond donors (Lipinski definition) is 2. The van der Waals surface area contributed by atoms with Gasteiger partial charge >= 0.3 is 5.51 Å². The van der Waals surface area contributed by atoms with E-state index in [0.717, 1.165) is 13.0 Å². The summed E-state index contributed by atoms with van der Waals surface area (Å²) in [5, 5.41) is 5.85. The van der Waals surface area contributed by atoms with Crippen molar-refractivity contribution >= 4 is 23.4 Å². The summed E-state index contributed by atoms with van der Waals surface area (Å²) in [5.41, 5.74) is -4.18. The molecule has 0 aromatic carbocycles. The molecule has 1 rings (SSSR count). The van der Waals surface area contributed by atoms with Crippen molar-refractivity contribution in [2.45, 2.75) is 18.9 Å². The molecule has 0 bridgehead atoms. The summed E-state index contributed by atoms with van der Waals surface area (Å²) in [6, 6.07) is 0. The lowest BCUT2D eigenvalue weighted by Crippen LogP contribution is -2.11. The fraction of sp³-hybridized carbons (Fsp3) is 0.600. The summed E-state index contributed by atoms with van der Waals surface area (Å²) in [6.07, 6.45) is 4.02. The molecule has 0 radical (unpaired) electrons. The maximum atomic E-state index is 11.9. The number of nitrogens with zero attached hydrogens (tertiary/aromatic N) is 2. The Kier molecular flexibility index (Phi) is 6.03. The van der Waals surface area contributed by atoms with E-state index in [4.69, 9.17) is 0 Å². The van der Waals surface area contributed by atoms with Gasteiger partial charge in [-0.25, -0.2) is 4.98 Å². The van der Waals surface area contributed by atoms with Crippen molar-refractivity contribution < 1.29 is 13.2 Å². The van der Waals surface area contributed by atoms with E-state index in [2.05, 4.69) is 20.6 Å². The quantitative estimate of drug-likeness (QED) is 0.752. The zero-order valence-electron chi connectivity index (χ0n) is 9.92. The highest BCUT2D eigenvalue weighted by Gasteiger charge is 2.27. The van der Waals surface area contributed by atoms with Gasteiger partial charge in [0.1, 0.15) is 11.6 Å². The first-order chi connectivity index (χ1) is 8.51. The molecular formula is C10H15F3N4S. The number of hydrogen-bond acceptors (Lipinski definition) is 5. The fourth-order valence-electron chi connectivity index (χ4n) is 1.14. The van der Waals surface area contributed by atoms with Gasteiger partial charge in [-0.3, -0.25) is 4.98 Å². The molecule has 4 nitrogen and oxygen atoms in total. The van der Waals surface area contributed by atoms with Crippen LogP contribution in [0.4, 0.5) is 24.8 Å². The van der Waals surface area contributed by atoms with E-state index in [1.54, 1.807) is 6.20 Å². The largest absolute Gasteiger partial charge is 0.441 e. The van der Waals surface area contributed by atoms with Gasteiger partial charge in [0.15, 0.2) is 0 Å². The summed E-state index contributed by atoms with van der Waals surface area (Å²) in [7, 11) is 0. The first-order valence-electron chi connectivity index (χ1n) is 5.51. The predicted octanol–water partition coefficient (Wildman–Crippen LogP) is 2.96. The third-order valence-corrected chi connectivity index (χ3v) is 2.60. The highest BCUT2D eigenvalue weighted by atomic mass is 32.2. The van der Waals surface area contributed by atoms with Crippen LogP contribution in [-0.2, 0) is 0 Å². The zero-order chi connectivity index (χ0) is 13.4. The van der Waals surface area contributed by atoms with Crippen LogP contribution >= 0.6 is 11.8 Å². The minimum atomic E-state index is -4.18. The van der Waals surface area contributed by atoms with Gasteiger partial charge in [-0.05, 0) is 18.2 Å². The van der Waals surface area contributed by atoms with Gasteiger partial charge in [-0.15, -0.1) is 0 Å². The van der Waals surface area contributed by atoms with Crippen LogP contribution in [0.3, 0.4) is 0 Å². The summed E-state index contributed by atoms with van der Waals surface area (Å²) >= 11 is -0.0554. The number of anilines is 2. The van der Waals surface area contributed by atoms with Crippen LogP contribution in [-0.4, -0.2) is 34.3 Å². The van der Waals surface area contributed by atoms with Crippen LogP contribution in [0.2, 0.25) is 0 Å². The van der Waals surface area contributed by atoms with Gasteiger partial charge in [0.05, 0.1) is 12.4 Å². The average molecular weight is 280 g/mol. The molecule has 102 valence electrons. The normalized spacial score (nSPS) is 11.3. The van der Waals surface area contributed by atoms with E-state index in [9.17, 15) is 13.2 Å². The molecule has 0 amide bonds. The first kappa shape index (κ1) is 14.9. The zero-order valence-corrected chi connectivity index (χ0v) is 10.7. The number of aromatic nitrogens is 2. The van der Waals surface area contributed by atoms with Gasteiger partial charge < -0.3 is 10.6 Å². The third-order valence-electron chi connectivity index (χ3n) is 1.86. The fourth-order valence-corrected chi connectivity index (χ4v) is 1.57. The highest BCUT2D eigenvalue weighted by Crippen LogP contribution is 2.29. The molecule has 18 heavy (non-hydrogen) atoms. The van der Waals surface area contributed by atoms with Crippen LogP contribution in [0, 0.1) is 0 Å². The van der Waals surface area contributed by atoms with Crippen molar-refractivity contribution in [1.82, 2.24) is 9.97 Å². The SMILES string of the molecule is CCCNc1cncc(NCCSC(F)(F)F)n1. The number of alkyl halides is 3. The van der Waals surface area contributed by atoms with Gasteiger partial charge in [0, 0.05) is 18.8 Å². The van der Waals surface area contributed by atoms with Crippen molar-refractivity contribution in [1.29, 1.82) is 0 Å². The van der Waals surface area contributed by atoms with Crippen molar-refractivity contribution in [3.05, 3.63) is 12.4 Å². The molecule has 8 heteroatoms. The molecular weight excluding hydrogens is 265 g/mol. The number of rotatable bonds is 7. The average Bonchev–Trinajstić information content (AvgIpc) is 2.31. The molecule has 0 aliphatic carbocycles. The minimum absolute atomic E-state index is 0.0554. The highest BCUT2D eigenvalue weighted by molar-refractivity contribution is 8.00. The molecule has 0 aliphatic heterocycles. The van der Waals surface area contributed by atoms with Gasteiger partial charge in [-0.2, -0.15) is 13.2 Å². The lowest BCUT2D eigenvalue weighted by Gasteiger charge is -2.08. The molecule has 0 fully saturated rings. The van der Waals surface area contributed by atoms with Crippen LogP contribution in [0.25, 0.3) is 0 Å². The number of thioether (sulfide) groups is 1. The molecule has 1 aromatic heterocycles. The second-order valence-electron chi connectivity index (χ2n) is 3.44. The van der Waals surface area contributed by atoms with E-state index in [0.29, 0.717) is 11.6 Å². The minimum Gasteiger partial charge on any atom is -0.369 e. The Morgan fingerprint density at radius 2 is 1.78 bits per heavy atom. The maximum Gasteiger partial charge on any atom is 0.441 e. The first-order valence-corrected chi connectivity index (χ1v) is 6.50. The standard InChI is InChI=1S/C10H15F3N4S/c1-2-3-15-8-6-14-7-9(17-8)16-4-5-18-10(11,12)13/h6-7H,2-5H2,1H3,(H2,15,16,17). The Hall–Kier alpha value is -1.18. The summed E-state index contributed by atoms with van der Waals surface area (Å²) in [5.74, 6) is 1.03. The Bertz CT molecular complexity index is 359. The van der Waals surface area contributed by atoms with E-state index in [1.165, 1.54) is 6.20 Å². The number of halogens is 3. The second kappa shape index (κ2) is 7.30. The van der Waals surface area contributed by atoms with E-state index < -0.39 is 5.51 Å². The smallest absolute Gasteiger partial charge is 0.369 e. The molecule has 1 aromatic rings. The lowest BCUT2D eigenvalue weighted by atomic mass is 10.5. The Morgan fingerprint density at radius 3 is 2.33 bits per heavy atom. The van der Waals surface area contributed by atoms with Crippen LogP contribution in [0.1, 0.15) is 13.3 Å². The molecule has 1 heterocycles. The van der Waals surface area contributed by atoms with E-state index in [1.807, 2.05) is 6.92 Å². The predicted molar refractivity (Wildman–Crippen MR) is 67.8 cm³/mol. The monoisotopic (exact) mass is 280 g/mol. The van der Waals surface area contributed by atoms with Crippen LogP contribution < -0.4 is 10.6 Å².